The predicted octanol–water partition coefficient (Wildman–Crippen LogP) is 1.07. The van der Waals surface area contributed by atoms with Crippen molar-refractivity contribution in [2.45, 2.75) is 0 Å². The monoisotopic (exact) mass is 276 g/mol. The molecule has 1 heterocycles. The summed E-state index contributed by atoms with van der Waals surface area (Å²) in [6.07, 6.45) is 6.32. The Morgan fingerprint density at radius 2 is 2.17 bits per heavy atom. The summed E-state index contributed by atoms with van der Waals surface area (Å²) in [5.74, 6) is 0. The summed E-state index contributed by atoms with van der Waals surface area (Å²) in [6, 6.07) is 0. The van der Waals surface area contributed by atoms with Crippen LogP contribution in [0.15, 0.2) is 22.0 Å². The Hall–Kier alpha value is 0.233. The van der Waals surface area contributed by atoms with E-state index in [2.05, 4.69) is 25.7 Å². The predicted molar refractivity (Wildman–Crippen MR) is 25.5 cm³/mol. The van der Waals surface area contributed by atoms with E-state index in [9.17, 15) is 0 Å². The molecule has 0 bridgehead atoms. The summed E-state index contributed by atoms with van der Waals surface area (Å²) in [4.78, 5) is 0. The summed E-state index contributed by atoms with van der Waals surface area (Å²) >= 11 is 0.0170. The average molecular weight is 276 g/mol. The molecule has 0 unspecified atom stereocenters. The van der Waals surface area contributed by atoms with Crippen LogP contribution in [0.3, 0.4) is 0 Å². The van der Waals surface area contributed by atoms with Crippen LogP contribution in [-0.2, 0) is 0 Å². The van der Waals surface area contributed by atoms with Crippen LogP contribution < -0.4 is 0 Å². The van der Waals surface area contributed by atoms with Crippen molar-refractivity contribution < 1.29 is 24.2 Å². The molecule has 0 saturated carbocycles. The van der Waals surface area contributed by atoms with Gasteiger partial charge in [0.15, 0.2) is 0 Å². The second kappa shape index (κ2) is 2.41. The maximum Gasteiger partial charge on any atom is 1.00 e. The van der Waals surface area contributed by atoms with Gasteiger partial charge in [-0.25, -0.2) is 0 Å². The molecule has 1 heteroatoms. The first kappa shape index (κ1) is 4.39. The fourth-order valence-corrected chi connectivity index (χ4v) is 1.91. The van der Waals surface area contributed by atoms with Crippen molar-refractivity contribution in [3.63, 3.8) is 0 Å². The smallest absolute Gasteiger partial charge is 1.00 e. The van der Waals surface area contributed by atoms with E-state index in [1.165, 1.54) is 0 Å². The number of rotatable bonds is 0. The Balaban J connectivity index is 0.000000360. The molecule has 0 aliphatic carbocycles. The molecule has 0 aromatic heterocycles. The standard InChI is InChI=1S/C5H5At/c1-2-4-6-5-3-1/h1-5H/p+1. The molecule has 0 N–H and O–H groups in total. The van der Waals surface area contributed by atoms with Gasteiger partial charge in [0.25, 0.3) is 0 Å². The van der Waals surface area contributed by atoms with Crippen molar-refractivity contribution in [3.8, 4) is 0 Å². The van der Waals surface area contributed by atoms with Gasteiger partial charge in [-0.05, 0) is 0 Å². The van der Waals surface area contributed by atoms with Crippen molar-refractivity contribution in [1.82, 2.24) is 0 Å². The molecule has 0 aromatic rings. The Bertz CT molecular complexity index is 77.5. The molecule has 0 atom stereocenters. The van der Waals surface area contributed by atoms with Crippen LogP contribution >= 0.6 is 0 Å². The minimum atomic E-state index is 0. The number of allylic oxidation sites excluding steroid dienone is 3. The van der Waals surface area contributed by atoms with E-state index >= 15 is 0 Å². The zero-order valence-electron chi connectivity index (χ0n) is 4.26. The van der Waals surface area contributed by atoms with E-state index in [1.807, 2.05) is 0 Å². The number of hydrogen-bond acceptors (Lipinski definition) is 0. The topological polar surface area (TPSA) is 0 Å². The van der Waals surface area contributed by atoms with E-state index < -0.39 is 0 Å². The molecule has 6 heavy (non-hydrogen) atoms. The fourth-order valence-electron chi connectivity index (χ4n) is 0.274. The van der Waals surface area contributed by atoms with Gasteiger partial charge in [-0.2, -0.15) is 0 Å². The van der Waals surface area contributed by atoms with Crippen molar-refractivity contribution in [2.24, 2.45) is 0 Å². The van der Waals surface area contributed by atoms with E-state index in [0.29, 0.717) is 0 Å². The minimum absolute atomic E-state index is 0. The second-order valence-electron chi connectivity index (χ2n) is 0.955. The summed E-state index contributed by atoms with van der Waals surface area (Å²) in [7, 11) is 0. The molecule has 0 spiro atoms. The van der Waals surface area contributed by atoms with Gasteiger partial charge in [0.05, 0.1) is 0 Å². The van der Waals surface area contributed by atoms with Gasteiger partial charge in [-0.1, -0.05) is 0 Å². The molecule has 0 saturated heterocycles. The van der Waals surface area contributed by atoms with Crippen LogP contribution in [0.4, 0.5) is 0 Å². The first-order valence-electron chi connectivity index (χ1n) is 1.77. The zero-order valence-corrected chi connectivity index (χ0v) is 6.20. The molecular weight excluding hydrogens is 270 g/mol. The molecule has 32 valence electrons. The average Bonchev–Trinajstić information content (AvgIpc) is 1.72. The fraction of sp³-hybridized carbons (Fsp3) is 0. The minimum Gasteiger partial charge on any atom is 1.00 e. The van der Waals surface area contributed by atoms with Gasteiger partial charge in [-0.3, -0.25) is 0 Å². The maximum atomic E-state index is 2.28. The molecular formula is C5H6At+. The molecule has 1 aliphatic rings. The van der Waals surface area contributed by atoms with E-state index in [0.717, 1.165) is 0 Å². The van der Waals surface area contributed by atoms with Crippen LogP contribution in [0.25, 0.3) is 0 Å². The quantitative estimate of drug-likeness (QED) is 0.621. The van der Waals surface area contributed by atoms with Crippen molar-refractivity contribution in [3.05, 3.63) is 22.0 Å². The Morgan fingerprint density at radius 1 is 1.17 bits per heavy atom. The van der Waals surface area contributed by atoms with Gasteiger partial charge in [-0.15, -0.1) is 0 Å². The van der Waals surface area contributed by atoms with Crippen molar-refractivity contribution >= 4 is 3.71 Å². The normalized spacial score (nSPS) is 17.3. The maximum absolute atomic E-state index is 2.28. The third kappa shape index (κ3) is 1.14. The van der Waals surface area contributed by atoms with Crippen LogP contribution in [0.5, 0.6) is 0 Å². The third-order valence-electron chi connectivity index (χ3n) is 0.513. The van der Waals surface area contributed by atoms with Gasteiger partial charge in [0.2, 0.25) is 0 Å². The van der Waals surface area contributed by atoms with E-state index in [1.54, 1.807) is 0 Å². The summed E-state index contributed by atoms with van der Waals surface area (Å²) < 4.78 is 4.56. The molecule has 0 amide bonds. The van der Waals surface area contributed by atoms with Gasteiger partial charge < -0.3 is 0 Å². The first-order valence-corrected chi connectivity index (χ1v) is 5.16. The molecule has 1 rings (SSSR count). The van der Waals surface area contributed by atoms with Crippen LogP contribution in [0.1, 0.15) is 1.43 Å². The molecule has 1 aliphatic heterocycles. The Kier molecular flexibility index (Phi) is 1.77. The second-order valence-corrected chi connectivity index (χ2v) is 3.89. The van der Waals surface area contributed by atoms with Gasteiger partial charge >= 0.3 is 49.9 Å². The van der Waals surface area contributed by atoms with Crippen LogP contribution in [0.2, 0.25) is 0 Å². The third-order valence-corrected chi connectivity index (χ3v) is 2.78. The molecule has 0 fully saturated rings. The summed E-state index contributed by atoms with van der Waals surface area (Å²) in [6.45, 7) is 0. The largest absolute Gasteiger partial charge is 1.00 e. The SMILES string of the molecule is C1=CC=[At]C=C1.[H+]. The van der Waals surface area contributed by atoms with Crippen LogP contribution in [0, 0.1) is 22.8 Å². The first-order chi connectivity index (χ1) is 3.00. The van der Waals surface area contributed by atoms with E-state index in [-0.39, 0.29) is 24.2 Å². The Morgan fingerprint density at radius 3 is 2.33 bits per heavy atom. The molecule has 0 radical (unpaired) electrons. The van der Waals surface area contributed by atoms with Gasteiger partial charge in [0.1, 0.15) is 0 Å². The van der Waals surface area contributed by atoms with E-state index in [4.69, 9.17) is 0 Å². The molecule has 0 nitrogen and oxygen atoms in total. The number of hydrogen-bond donors (Lipinski definition) is 0. The summed E-state index contributed by atoms with van der Waals surface area (Å²) in [5, 5.41) is 0. The van der Waals surface area contributed by atoms with Gasteiger partial charge in [0, 0.05) is 0 Å². The van der Waals surface area contributed by atoms with Crippen molar-refractivity contribution in [1.29, 1.82) is 0 Å². The zero-order chi connectivity index (χ0) is 4.24. The van der Waals surface area contributed by atoms with Crippen LogP contribution in [-0.4, -0.2) is 3.71 Å². The summed E-state index contributed by atoms with van der Waals surface area (Å²) in [5.41, 5.74) is 0. The van der Waals surface area contributed by atoms with Crippen molar-refractivity contribution in [2.75, 3.05) is 0 Å². The Labute approximate surface area is 50.1 Å². The molecule has 0 aromatic carbocycles.